The molecule has 2 aromatic carbocycles. The molecular formula is C22H27N2O6+. The van der Waals surface area contributed by atoms with Crippen LogP contribution < -0.4 is 19.7 Å². The van der Waals surface area contributed by atoms with Gasteiger partial charge in [0, 0.05) is 11.6 Å². The molecule has 0 unspecified atom stereocenters. The van der Waals surface area contributed by atoms with Crippen molar-refractivity contribution in [2.24, 2.45) is 0 Å². The van der Waals surface area contributed by atoms with Crippen molar-refractivity contribution in [3.05, 3.63) is 53.6 Å². The van der Waals surface area contributed by atoms with Gasteiger partial charge >= 0.3 is 5.97 Å². The van der Waals surface area contributed by atoms with Crippen molar-refractivity contribution in [3.63, 3.8) is 0 Å². The molecule has 3 rings (SSSR count). The number of carbonyl (C=O) groups is 2. The normalized spacial score (nSPS) is 14.1. The van der Waals surface area contributed by atoms with Crippen molar-refractivity contribution in [1.82, 2.24) is 0 Å². The molecule has 0 aliphatic carbocycles. The fourth-order valence-corrected chi connectivity index (χ4v) is 3.19. The van der Waals surface area contributed by atoms with Gasteiger partial charge in [-0.05, 0) is 24.3 Å². The number of anilines is 1. The Hall–Kier alpha value is -3.10. The van der Waals surface area contributed by atoms with Crippen molar-refractivity contribution < 1.29 is 33.4 Å². The lowest BCUT2D eigenvalue weighted by molar-refractivity contribution is -0.921. The number of benzene rings is 2. The van der Waals surface area contributed by atoms with Gasteiger partial charge in [-0.15, -0.1) is 0 Å². The second-order valence-corrected chi connectivity index (χ2v) is 6.93. The van der Waals surface area contributed by atoms with Crippen LogP contribution in [0.5, 0.6) is 11.5 Å². The standard InChI is InChI=1S/C22H26N2O6/c1-27-18-7-8-19(20(13-18)28-2)23-21(25)15-30-22(26)17-5-3-16(4-6-17)14-24-9-11-29-12-10-24/h3-8,13H,9-12,14-15H2,1-2H3,(H,23,25)/p+1. The van der Waals surface area contributed by atoms with Gasteiger partial charge in [0.05, 0.1) is 38.7 Å². The molecule has 8 nitrogen and oxygen atoms in total. The molecule has 1 fully saturated rings. The molecule has 0 aromatic heterocycles. The zero-order valence-corrected chi connectivity index (χ0v) is 17.2. The van der Waals surface area contributed by atoms with Gasteiger partial charge in [0.15, 0.2) is 6.61 Å². The third-order valence-corrected chi connectivity index (χ3v) is 4.86. The molecule has 1 aliphatic rings. The summed E-state index contributed by atoms with van der Waals surface area (Å²) in [5.41, 5.74) is 2.02. The summed E-state index contributed by atoms with van der Waals surface area (Å²) in [5.74, 6) is 0.0541. The van der Waals surface area contributed by atoms with E-state index in [0.717, 1.165) is 38.4 Å². The van der Waals surface area contributed by atoms with Crippen LogP contribution in [-0.4, -0.2) is 59.0 Å². The molecule has 160 valence electrons. The maximum absolute atomic E-state index is 12.2. The molecule has 0 atom stereocenters. The first-order chi connectivity index (χ1) is 14.6. The maximum Gasteiger partial charge on any atom is 0.338 e. The van der Waals surface area contributed by atoms with Gasteiger partial charge < -0.3 is 29.2 Å². The summed E-state index contributed by atoms with van der Waals surface area (Å²) in [6, 6.07) is 12.3. The molecule has 1 saturated heterocycles. The lowest BCUT2D eigenvalue weighted by Crippen LogP contribution is -3.12. The van der Waals surface area contributed by atoms with E-state index in [4.69, 9.17) is 18.9 Å². The van der Waals surface area contributed by atoms with E-state index in [0.29, 0.717) is 22.7 Å². The lowest BCUT2D eigenvalue weighted by Gasteiger charge is -2.23. The Morgan fingerprint density at radius 2 is 1.77 bits per heavy atom. The van der Waals surface area contributed by atoms with Crippen molar-refractivity contribution in [1.29, 1.82) is 0 Å². The van der Waals surface area contributed by atoms with Gasteiger partial charge in [0.2, 0.25) is 0 Å². The van der Waals surface area contributed by atoms with E-state index >= 15 is 0 Å². The van der Waals surface area contributed by atoms with Crippen LogP contribution in [0.3, 0.4) is 0 Å². The highest BCUT2D eigenvalue weighted by atomic mass is 16.5. The first-order valence-electron chi connectivity index (χ1n) is 9.78. The third kappa shape index (κ3) is 5.95. The number of hydrogen-bond donors (Lipinski definition) is 2. The molecule has 0 bridgehead atoms. The average molecular weight is 415 g/mol. The number of nitrogens with one attached hydrogen (secondary N) is 2. The molecule has 8 heteroatoms. The van der Waals surface area contributed by atoms with Crippen LogP contribution in [0.1, 0.15) is 15.9 Å². The predicted molar refractivity (Wildman–Crippen MR) is 110 cm³/mol. The van der Waals surface area contributed by atoms with Gasteiger partial charge in [-0.1, -0.05) is 12.1 Å². The number of carbonyl (C=O) groups excluding carboxylic acids is 2. The zero-order valence-electron chi connectivity index (χ0n) is 17.2. The second kappa shape index (κ2) is 10.6. The van der Waals surface area contributed by atoms with Crippen molar-refractivity contribution in [2.75, 3.05) is 52.4 Å². The largest absolute Gasteiger partial charge is 0.497 e. The van der Waals surface area contributed by atoms with Gasteiger partial charge in [0.1, 0.15) is 31.1 Å². The highest BCUT2D eigenvalue weighted by Gasteiger charge is 2.16. The maximum atomic E-state index is 12.2. The number of amides is 1. The Labute approximate surface area is 175 Å². The first kappa shape index (κ1) is 21.6. The smallest absolute Gasteiger partial charge is 0.338 e. The Bertz CT molecular complexity index is 862. The first-order valence-corrected chi connectivity index (χ1v) is 9.78. The summed E-state index contributed by atoms with van der Waals surface area (Å²) in [7, 11) is 3.04. The molecule has 30 heavy (non-hydrogen) atoms. The van der Waals surface area contributed by atoms with E-state index in [1.807, 2.05) is 12.1 Å². The SMILES string of the molecule is COc1ccc(NC(=O)COC(=O)c2ccc(C[NH+]3CCOCC3)cc2)c(OC)c1. The van der Waals surface area contributed by atoms with Crippen LogP contribution in [-0.2, 0) is 20.8 Å². The Morgan fingerprint density at radius 3 is 2.43 bits per heavy atom. The Balaban J connectivity index is 1.49. The zero-order chi connectivity index (χ0) is 21.3. The van der Waals surface area contributed by atoms with E-state index in [-0.39, 0.29) is 0 Å². The molecule has 0 radical (unpaired) electrons. The van der Waals surface area contributed by atoms with Gasteiger partial charge in [0.25, 0.3) is 5.91 Å². The number of ether oxygens (including phenoxy) is 4. The minimum absolute atomic E-state index is 0.395. The Kier molecular flexibility index (Phi) is 7.64. The van der Waals surface area contributed by atoms with Crippen LogP contribution in [0.25, 0.3) is 0 Å². The minimum Gasteiger partial charge on any atom is -0.497 e. The van der Waals surface area contributed by atoms with Crippen LogP contribution in [0, 0.1) is 0 Å². The summed E-state index contributed by atoms with van der Waals surface area (Å²) in [6.07, 6.45) is 0. The van der Waals surface area contributed by atoms with Crippen molar-refractivity contribution in [2.45, 2.75) is 6.54 Å². The number of morpholine rings is 1. The van der Waals surface area contributed by atoms with Gasteiger partial charge in [-0.2, -0.15) is 0 Å². The number of quaternary nitrogens is 1. The highest BCUT2D eigenvalue weighted by Crippen LogP contribution is 2.28. The number of rotatable bonds is 8. The van der Waals surface area contributed by atoms with Crippen LogP contribution in [0.4, 0.5) is 5.69 Å². The lowest BCUT2D eigenvalue weighted by atomic mass is 10.1. The van der Waals surface area contributed by atoms with E-state index in [1.54, 1.807) is 37.4 Å². The van der Waals surface area contributed by atoms with E-state index in [1.165, 1.54) is 12.0 Å². The fraction of sp³-hybridized carbons (Fsp3) is 0.364. The molecule has 0 spiro atoms. The van der Waals surface area contributed by atoms with E-state index in [2.05, 4.69) is 5.32 Å². The highest BCUT2D eigenvalue weighted by molar-refractivity contribution is 5.96. The van der Waals surface area contributed by atoms with Crippen LogP contribution in [0.15, 0.2) is 42.5 Å². The minimum atomic E-state index is -0.544. The van der Waals surface area contributed by atoms with Gasteiger partial charge in [-0.25, -0.2) is 4.79 Å². The second-order valence-electron chi connectivity index (χ2n) is 6.93. The molecule has 1 aliphatic heterocycles. The molecule has 0 saturated carbocycles. The topological polar surface area (TPSA) is 87.5 Å². The molecule has 1 amide bonds. The summed E-state index contributed by atoms with van der Waals surface area (Å²) in [6.45, 7) is 4.03. The van der Waals surface area contributed by atoms with Crippen molar-refractivity contribution >= 4 is 17.6 Å². The molecular weight excluding hydrogens is 388 g/mol. The van der Waals surface area contributed by atoms with Crippen LogP contribution >= 0.6 is 0 Å². The van der Waals surface area contributed by atoms with Crippen molar-refractivity contribution in [3.8, 4) is 11.5 Å². The van der Waals surface area contributed by atoms with Crippen LogP contribution in [0.2, 0.25) is 0 Å². The van der Waals surface area contributed by atoms with Gasteiger partial charge in [-0.3, -0.25) is 4.79 Å². The number of esters is 1. The molecule has 1 heterocycles. The fourth-order valence-electron chi connectivity index (χ4n) is 3.19. The summed E-state index contributed by atoms with van der Waals surface area (Å²) in [5, 5.41) is 2.66. The quantitative estimate of drug-likeness (QED) is 0.624. The summed E-state index contributed by atoms with van der Waals surface area (Å²) >= 11 is 0. The predicted octanol–water partition coefficient (Wildman–Crippen LogP) is 0.914. The van der Waals surface area contributed by atoms with E-state index in [9.17, 15) is 9.59 Å². The Morgan fingerprint density at radius 1 is 1.03 bits per heavy atom. The third-order valence-electron chi connectivity index (χ3n) is 4.86. The monoisotopic (exact) mass is 415 g/mol. The number of hydrogen-bond acceptors (Lipinski definition) is 6. The summed E-state index contributed by atoms with van der Waals surface area (Å²) in [4.78, 5) is 25.9. The molecule has 2 N–H and O–H groups in total. The van der Waals surface area contributed by atoms with E-state index < -0.39 is 18.5 Å². The number of methoxy groups -OCH3 is 2. The average Bonchev–Trinajstić information content (AvgIpc) is 2.79. The summed E-state index contributed by atoms with van der Waals surface area (Å²) < 4.78 is 20.9. The molecule has 2 aromatic rings.